The molecule has 0 saturated carbocycles. The van der Waals surface area contributed by atoms with Gasteiger partial charge in [-0.3, -0.25) is 4.79 Å². The van der Waals surface area contributed by atoms with Gasteiger partial charge < -0.3 is 5.32 Å². The Labute approximate surface area is 112 Å². The van der Waals surface area contributed by atoms with Gasteiger partial charge in [0.05, 0.1) is 4.88 Å². The molecule has 2 aromatic rings. The molecule has 17 heavy (non-hydrogen) atoms. The minimum Gasteiger partial charge on any atom is -0.306 e. The van der Waals surface area contributed by atoms with Gasteiger partial charge in [0.1, 0.15) is 5.82 Å². The number of nitrogens with one attached hydrogen (secondary N) is 1. The summed E-state index contributed by atoms with van der Waals surface area (Å²) in [5.74, 6) is 0.468. The number of hydrogen-bond acceptors (Lipinski definition) is 3. The third kappa shape index (κ3) is 2.73. The summed E-state index contributed by atoms with van der Waals surface area (Å²) in [7, 11) is 0. The van der Waals surface area contributed by atoms with Gasteiger partial charge in [0.2, 0.25) is 0 Å². The summed E-state index contributed by atoms with van der Waals surface area (Å²) >= 11 is 4.81. The Morgan fingerprint density at radius 3 is 2.76 bits per heavy atom. The number of pyridine rings is 1. The van der Waals surface area contributed by atoms with Gasteiger partial charge in [-0.1, -0.05) is 0 Å². The fourth-order valence-electron chi connectivity index (χ4n) is 1.39. The highest BCUT2D eigenvalue weighted by Gasteiger charge is 2.11. The summed E-state index contributed by atoms with van der Waals surface area (Å²) in [4.78, 5) is 16.8. The highest BCUT2D eigenvalue weighted by molar-refractivity contribution is 9.10. The first kappa shape index (κ1) is 12.3. The van der Waals surface area contributed by atoms with Crippen LogP contribution in [0.1, 0.15) is 20.8 Å². The van der Waals surface area contributed by atoms with Crippen LogP contribution >= 0.6 is 27.3 Å². The molecule has 0 aliphatic heterocycles. The summed E-state index contributed by atoms with van der Waals surface area (Å²) in [6.45, 7) is 3.88. The molecule has 2 rings (SSSR count). The third-order valence-corrected chi connectivity index (χ3v) is 4.20. The molecule has 0 atom stereocenters. The lowest BCUT2D eigenvalue weighted by atomic mass is 10.2. The molecule has 0 radical (unpaired) electrons. The average molecular weight is 311 g/mol. The standard InChI is InChI=1S/C12H11BrN2OS/c1-7-3-4-17-11(7)12(16)15-10-5-8(2)9(13)6-14-10/h3-6H,1-2H3,(H,14,15,16). The number of aromatic nitrogens is 1. The second kappa shape index (κ2) is 4.98. The molecular weight excluding hydrogens is 300 g/mol. The van der Waals surface area contributed by atoms with Crippen LogP contribution in [0.4, 0.5) is 5.82 Å². The van der Waals surface area contributed by atoms with E-state index >= 15 is 0 Å². The van der Waals surface area contributed by atoms with E-state index in [-0.39, 0.29) is 5.91 Å². The monoisotopic (exact) mass is 310 g/mol. The number of anilines is 1. The molecule has 0 spiro atoms. The molecule has 0 aliphatic carbocycles. The molecule has 5 heteroatoms. The predicted molar refractivity (Wildman–Crippen MR) is 73.7 cm³/mol. The van der Waals surface area contributed by atoms with Crippen LogP contribution in [0.5, 0.6) is 0 Å². The molecule has 2 heterocycles. The van der Waals surface area contributed by atoms with Crippen LogP contribution in [0, 0.1) is 13.8 Å². The quantitative estimate of drug-likeness (QED) is 0.917. The van der Waals surface area contributed by atoms with Crippen molar-refractivity contribution in [3.63, 3.8) is 0 Å². The molecule has 3 nitrogen and oxygen atoms in total. The van der Waals surface area contributed by atoms with Gasteiger partial charge in [0, 0.05) is 10.7 Å². The minimum atomic E-state index is -0.105. The first-order chi connectivity index (χ1) is 8.08. The summed E-state index contributed by atoms with van der Waals surface area (Å²) < 4.78 is 0.933. The first-order valence-electron chi connectivity index (χ1n) is 5.05. The van der Waals surface area contributed by atoms with E-state index in [4.69, 9.17) is 0 Å². The molecule has 0 unspecified atom stereocenters. The lowest BCUT2D eigenvalue weighted by Gasteiger charge is -2.05. The normalized spacial score (nSPS) is 10.3. The number of carbonyl (C=O) groups is 1. The maximum atomic E-state index is 11.9. The van der Waals surface area contributed by atoms with Crippen LogP contribution < -0.4 is 5.32 Å². The van der Waals surface area contributed by atoms with Crippen LogP contribution in [-0.4, -0.2) is 10.9 Å². The van der Waals surface area contributed by atoms with Gasteiger partial charge >= 0.3 is 0 Å². The van der Waals surface area contributed by atoms with Crippen molar-refractivity contribution < 1.29 is 4.79 Å². The molecule has 0 fully saturated rings. The Morgan fingerprint density at radius 1 is 1.41 bits per heavy atom. The first-order valence-corrected chi connectivity index (χ1v) is 6.73. The van der Waals surface area contributed by atoms with Crippen molar-refractivity contribution in [3.8, 4) is 0 Å². The van der Waals surface area contributed by atoms with Crippen molar-refractivity contribution in [2.45, 2.75) is 13.8 Å². The molecule has 0 saturated heterocycles. The zero-order valence-corrected chi connectivity index (χ0v) is 11.9. The second-order valence-electron chi connectivity index (χ2n) is 3.71. The maximum absolute atomic E-state index is 11.9. The Bertz CT molecular complexity index is 565. The molecule has 1 N–H and O–H groups in total. The smallest absolute Gasteiger partial charge is 0.267 e. The summed E-state index contributed by atoms with van der Waals surface area (Å²) in [6.07, 6.45) is 1.69. The largest absolute Gasteiger partial charge is 0.306 e. The molecule has 0 bridgehead atoms. The lowest BCUT2D eigenvalue weighted by molar-refractivity contribution is 0.102. The van der Waals surface area contributed by atoms with E-state index in [1.54, 1.807) is 6.20 Å². The van der Waals surface area contributed by atoms with Crippen LogP contribution in [0.2, 0.25) is 0 Å². The second-order valence-corrected chi connectivity index (χ2v) is 5.48. The van der Waals surface area contributed by atoms with E-state index < -0.39 is 0 Å². The number of hydrogen-bond donors (Lipinski definition) is 1. The summed E-state index contributed by atoms with van der Waals surface area (Å²) in [5.41, 5.74) is 2.03. The third-order valence-electron chi connectivity index (χ3n) is 2.36. The van der Waals surface area contributed by atoms with E-state index in [2.05, 4.69) is 26.2 Å². The number of nitrogens with zero attached hydrogens (tertiary/aromatic N) is 1. The number of halogens is 1. The highest BCUT2D eigenvalue weighted by Crippen LogP contribution is 2.20. The maximum Gasteiger partial charge on any atom is 0.267 e. The fourth-order valence-corrected chi connectivity index (χ4v) is 2.42. The van der Waals surface area contributed by atoms with E-state index in [1.165, 1.54) is 11.3 Å². The Kier molecular flexibility index (Phi) is 3.59. The number of carbonyl (C=O) groups excluding carboxylic acids is 1. The van der Waals surface area contributed by atoms with Gasteiger partial charge in [-0.2, -0.15) is 0 Å². The average Bonchev–Trinajstić information content (AvgIpc) is 2.70. The van der Waals surface area contributed by atoms with Crippen molar-refractivity contribution in [2.75, 3.05) is 5.32 Å². The number of thiophene rings is 1. The summed E-state index contributed by atoms with van der Waals surface area (Å²) in [6, 6.07) is 3.77. The van der Waals surface area contributed by atoms with E-state index in [1.807, 2.05) is 31.4 Å². The molecule has 0 aliphatic rings. The molecule has 1 amide bonds. The molecule has 0 aromatic carbocycles. The SMILES string of the molecule is Cc1cc(NC(=O)c2sccc2C)ncc1Br. The fraction of sp³-hybridized carbons (Fsp3) is 0.167. The zero-order valence-electron chi connectivity index (χ0n) is 9.45. The van der Waals surface area contributed by atoms with Crippen molar-refractivity contribution in [2.24, 2.45) is 0 Å². The Morgan fingerprint density at radius 2 is 2.18 bits per heavy atom. The van der Waals surface area contributed by atoms with Crippen LogP contribution in [-0.2, 0) is 0 Å². The number of rotatable bonds is 2. The van der Waals surface area contributed by atoms with E-state index in [9.17, 15) is 4.79 Å². The van der Waals surface area contributed by atoms with E-state index in [0.717, 1.165) is 20.5 Å². The van der Waals surface area contributed by atoms with Crippen LogP contribution in [0.25, 0.3) is 0 Å². The summed E-state index contributed by atoms with van der Waals surface area (Å²) in [5, 5.41) is 4.70. The Balaban J connectivity index is 2.19. The van der Waals surface area contributed by atoms with Gasteiger partial charge in [-0.25, -0.2) is 4.98 Å². The van der Waals surface area contributed by atoms with Crippen LogP contribution in [0.15, 0.2) is 28.2 Å². The zero-order chi connectivity index (χ0) is 12.4. The van der Waals surface area contributed by atoms with Crippen molar-refractivity contribution in [3.05, 3.63) is 44.2 Å². The highest BCUT2D eigenvalue weighted by atomic mass is 79.9. The minimum absolute atomic E-state index is 0.105. The predicted octanol–water partition coefficient (Wildman–Crippen LogP) is 3.77. The van der Waals surface area contributed by atoms with E-state index in [0.29, 0.717) is 5.82 Å². The molecular formula is C12H11BrN2OS. The Hall–Kier alpha value is -1.20. The van der Waals surface area contributed by atoms with Gasteiger partial charge in [0.15, 0.2) is 0 Å². The number of amides is 1. The molecule has 2 aromatic heterocycles. The molecule has 88 valence electrons. The lowest BCUT2D eigenvalue weighted by Crippen LogP contribution is -2.12. The topological polar surface area (TPSA) is 42.0 Å². The van der Waals surface area contributed by atoms with Crippen molar-refractivity contribution in [1.82, 2.24) is 4.98 Å². The van der Waals surface area contributed by atoms with Gasteiger partial charge in [-0.15, -0.1) is 11.3 Å². The van der Waals surface area contributed by atoms with Crippen molar-refractivity contribution in [1.29, 1.82) is 0 Å². The van der Waals surface area contributed by atoms with Gasteiger partial charge in [-0.05, 0) is 58.4 Å². The van der Waals surface area contributed by atoms with Crippen LogP contribution in [0.3, 0.4) is 0 Å². The van der Waals surface area contributed by atoms with Crippen molar-refractivity contribution >= 4 is 39.0 Å². The van der Waals surface area contributed by atoms with Gasteiger partial charge in [0.25, 0.3) is 5.91 Å². The number of aryl methyl sites for hydroxylation is 2.